The van der Waals surface area contributed by atoms with Gasteiger partial charge in [0, 0.05) is 20.2 Å². The maximum atomic E-state index is 12.7. The lowest BCUT2D eigenvalue weighted by Crippen LogP contribution is -2.44. The summed E-state index contributed by atoms with van der Waals surface area (Å²) in [5.74, 6) is -0.946. The second kappa shape index (κ2) is 7.07. The highest BCUT2D eigenvalue weighted by molar-refractivity contribution is 7.89. The van der Waals surface area contributed by atoms with Crippen molar-refractivity contribution in [3.05, 3.63) is 0 Å². The van der Waals surface area contributed by atoms with E-state index in [1.807, 2.05) is 0 Å². The molecule has 2 fully saturated rings. The Morgan fingerprint density at radius 2 is 2.00 bits per heavy atom. The third-order valence-electron chi connectivity index (χ3n) is 4.51. The highest BCUT2D eigenvalue weighted by Gasteiger charge is 2.44. The molecule has 122 valence electrons. The molecule has 0 amide bonds. The summed E-state index contributed by atoms with van der Waals surface area (Å²) in [5.41, 5.74) is 0. The van der Waals surface area contributed by atoms with Crippen LogP contribution in [0.15, 0.2) is 0 Å². The van der Waals surface area contributed by atoms with E-state index >= 15 is 0 Å². The summed E-state index contributed by atoms with van der Waals surface area (Å²) < 4.78 is 37.1. The Morgan fingerprint density at radius 3 is 2.62 bits per heavy atom. The number of rotatable bonds is 5. The van der Waals surface area contributed by atoms with Crippen molar-refractivity contribution < 1.29 is 22.7 Å². The number of carbonyl (C=O) groups is 1. The highest BCUT2D eigenvalue weighted by atomic mass is 32.2. The summed E-state index contributed by atoms with van der Waals surface area (Å²) in [7, 11) is -0.597. The Hall–Kier alpha value is -0.660. The second-order valence-electron chi connectivity index (χ2n) is 5.91. The Morgan fingerprint density at radius 1 is 1.24 bits per heavy atom. The van der Waals surface area contributed by atoms with E-state index in [-0.39, 0.29) is 6.10 Å². The molecule has 0 aromatic heterocycles. The van der Waals surface area contributed by atoms with E-state index in [1.54, 1.807) is 7.05 Å². The van der Waals surface area contributed by atoms with Gasteiger partial charge in [-0.2, -0.15) is 0 Å². The van der Waals surface area contributed by atoms with Crippen molar-refractivity contribution in [2.45, 2.75) is 49.9 Å². The van der Waals surface area contributed by atoms with Crippen LogP contribution < -0.4 is 0 Å². The van der Waals surface area contributed by atoms with Crippen molar-refractivity contribution in [1.29, 1.82) is 0 Å². The van der Waals surface area contributed by atoms with Crippen LogP contribution in [0.1, 0.15) is 38.5 Å². The van der Waals surface area contributed by atoms with Gasteiger partial charge in [0.15, 0.2) is 0 Å². The zero-order valence-corrected chi connectivity index (χ0v) is 13.6. The summed E-state index contributed by atoms with van der Waals surface area (Å²) in [6, 6.07) is 0. The molecule has 1 saturated heterocycles. The van der Waals surface area contributed by atoms with Gasteiger partial charge in [-0.25, -0.2) is 12.7 Å². The molecule has 0 aromatic rings. The van der Waals surface area contributed by atoms with Crippen molar-refractivity contribution in [3.63, 3.8) is 0 Å². The number of hydrogen-bond donors (Lipinski definition) is 0. The summed E-state index contributed by atoms with van der Waals surface area (Å²) in [6.45, 7) is 1.07. The van der Waals surface area contributed by atoms with E-state index in [2.05, 4.69) is 0 Å². The molecule has 0 N–H and O–H groups in total. The van der Waals surface area contributed by atoms with Crippen molar-refractivity contribution in [1.82, 2.24) is 4.31 Å². The van der Waals surface area contributed by atoms with Crippen LogP contribution in [0.25, 0.3) is 0 Å². The van der Waals surface area contributed by atoms with Gasteiger partial charge in [-0.05, 0) is 32.1 Å². The average molecular weight is 319 g/mol. The number of carbonyl (C=O) groups excluding carboxylic acids is 1. The van der Waals surface area contributed by atoms with Crippen molar-refractivity contribution in [2.75, 3.05) is 27.3 Å². The molecular formula is C14H25NO5S. The number of esters is 1. The molecule has 2 aliphatic rings. The predicted octanol–water partition coefficient (Wildman–Crippen LogP) is 1.16. The third kappa shape index (κ3) is 3.76. The van der Waals surface area contributed by atoms with Crippen LogP contribution in [0.2, 0.25) is 0 Å². The summed E-state index contributed by atoms with van der Waals surface area (Å²) in [4.78, 5) is 11.8. The first-order chi connectivity index (χ1) is 9.96. The van der Waals surface area contributed by atoms with Crippen molar-refractivity contribution in [3.8, 4) is 0 Å². The van der Waals surface area contributed by atoms with Crippen LogP contribution in [-0.4, -0.2) is 57.4 Å². The van der Waals surface area contributed by atoms with Gasteiger partial charge in [0.1, 0.15) is 0 Å². The van der Waals surface area contributed by atoms with E-state index in [9.17, 15) is 13.2 Å². The van der Waals surface area contributed by atoms with E-state index in [1.165, 1.54) is 11.4 Å². The first kappa shape index (κ1) is 16.7. The molecule has 3 atom stereocenters. The van der Waals surface area contributed by atoms with Gasteiger partial charge in [0.05, 0.1) is 24.4 Å². The van der Waals surface area contributed by atoms with E-state index in [0.717, 1.165) is 25.7 Å². The predicted molar refractivity (Wildman–Crippen MR) is 78.3 cm³/mol. The Labute approximate surface area is 126 Å². The smallest absolute Gasteiger partial charge is 0.310 e. The summed E-state index contributed by atoms with van der Waals surface area (Å²) in [6.07, 6.45) is 4.84. The monoisotopic (exact) mass is 319 g/mol. The number of methoxy groups -OCH3 is 1. The standard InChI is InChI=1S/C14H25NO5S/c1-15(10-11-6-3-4-9-20-11)21(17,18)13-8-5-7-12(13)14(16)19-2/h11-13H,3-10H2,1-2H3. The normalized spacial score (nSPS) is 30.5. The fourth-order valence-electron chi connectivity index (χ4n) is 3.28. The van der Waals surface area contributed by atoms with Crippen LogP contribution in [-0.2, 0) is 24.3 Å². The lowest BCUT2D eigenvalue weighted by atomic mass is 10.1. The van der Waals surface area contributed by atoms with Gasteiger partial charge in [-0.1, -0.05) is 6.42 Å². The molecular weight excluding hydrogens is 294 g/mol. The lowest BCUT2D eigenvalue weighted by molar-refractivity contribution is -0.145. The first-order valence-electron chi connectivity index (χ1n) is 7.61. The van der Waals surface area contributed by atoms with Crippen LogP contribution in [0, 0.1) is 5.92 Å². The van der Waals surface area contributed by atoms with Crippen LogP contribution in [0.3, 0.4) is 0 Å². The quantitative estimate of drug-likeness (QED) is 0.711. The van der Waals surface area contributed by atoms with Gasteiger partial charge in [-0.3, -0.25) is 4.79 Å². The molecule has 21 heavy (non-hydrogen) atoms. The van der Waals surface area contributed by atoms with Crippen molar-refractivity contribution >= 4 is 16.0 Å². The minimum atomic E-state index is -3.49. The maximum Gasteiger partial charge on any atom is 0.310 e. The fraction of sp³-hybridized carbons (Fsp3) is 0.929. The SMILES string of the molecule is COC(=O)C1CCCC1S(=O)(=O)N(C)CC1CCCCO1. The van der Waals surface area contributed by atoms with Crippen LogP contribution in [0.4, 0.5) is 0 Å². The molecule has 2 rings (SSSR count). The van der Waals surface area contributed by atoms with E-state index in [0.29, 0.717) is 26.0 Å². The van der Waals surface area contributed by atoms with Gasteiger partial charge < -0.3 is 9.47 Å². The molecule has 0 bridgehead atoms. The topological polar surface area (TPSA) is 72.9 Å². The molecule has 0 aromatic carbocycles. The fourth-order valence-corrected chi connectivity index (χ4v) is 5.24. The molecule has 1 aliphatic heterocycles. The second-order valence-corrected chi connectivity index (χ2v) is 8.17. The zero-order chi connectivity index (χ0) is 15.5. The molecule has 0 radical (unpaired) electrons. The molecule has 1 saturated carbocycles. The van der Waals surface area contributed by atoms with Gasteiger partial charge in [0.2, 0.25) is 10.0 Å². The van der Waals surface area contributed by atoms with E-state index in [4.69, 9.17) is 9.47 Å². The summed E-state index contributed by atoms with van der Waals surface area (Å²) in [5, 5.41) is -0.654. The molecule has 3 unspecified atom stereocenters. The largest absolute Gasteiger partial charge is 0.469 e. The first-order valence-corrected chi connectivity index (χ1v) is 9.11. The Kier molecular flexibility index (Phi) is 5.62. The van der Waals surface area contributed by atoms with Gasteiger partial charge >= 0.3 is 5.97 Å². The minimum absolute atomic E-state index is 0.0310. The van der Waals surface area contributed by atoms with Crippen LogP contribution in [0.5, 0.6) is 0 Å². The lowest BCUT2D eigenvalue weighted by Gasteiger charge is -2.29. The number of ether oxygens (including phenoxy) is 2. The number of sulfonamides is 1. The Balaban J connectivity index is 2.03. The minimum Gasteiger partial charge on any atom is -0.469 e. The number of nitrogens with zero attached hydrogens (tertiary/aromatic N) is 1. The molecule has 1 aliphatic carbocycles. The Bertz CT molecular complexity index is 458. The zero-order valence-electron chi connectivity index (χ0n) is 12.8. The average Bonchev–Trinajstić information content (AvgIpc) is 2.97. The number of hydrogen-bond acceptors (Lipinski definition) is 5. The molecule has 0 spiro atoms. The van der Waals surface area contributed by atoms with E-state index < -0.39 is 27.2 Å². The highest BCUT2D eigenvalue weighted by Crippen LogP contribution is 2.33. The van der Waals surface area contributed by atoms with Crippen molar-refractivity contribution in [2.24, 2.45) is 5.92 Å². The molecule has 7 heteroatoms. The van der Waals surface area contributed by atoms with Gasteiger partial charge in [-0.15, -0.1) is 0 Å². The number of likely N-dealkylation sites (N-methyl/N-ethyl adjacent to an activating group) is 1. The van der Waals surface area contributed by atoms with Gasteiger partial charge in [0.25, 0.3) is 0 Å². The third-order valence-corrected chi connectivity index (χ3v) is 6.86. The molecule has 6 nitrogen and oxygen atoms in total. The van der Waals surface area contributed by atoms with Crippen LogP contribution >= 0.6 is 0 Å². The molecule has 1 heterocycles. The maximum absolute atomic E-state index is 12.7. The summed E-state index contributed by atoms with van der Waals surface area (Å²) >= 11 is 0.